The van der Waals surface area contributed by atoms with Gasteiger partial charge in [-0.05, 0) is 37.0 Å². The molecule has 3 rings (SSSR count). The van der Waals surface area contributed by atoms with Gasteiger partial charge in [-0.15, -0.1) is 0 Å². The normalized spacial score (nSPS) is 16.8. The fourth-order valence-corrected chi connectivity index (χ4v) is 3.31. The van der Waals surface area contributed by atoms with Gasteiger partial charge in [0.25, 0.3) is 0 Å². The molecular weight excluding hydrogens is 310 g/mol. The quantitative estimate of drug-likeness (QED) is 0.881. The summed E-state index contributed by atoms with van der Waals surface area (Å²) < 4.78 is 0. The molecule has 0 aliphatic carbocycles. The molecule has 2 atom stereocenters. The summed E-state index contributed by atoms with van der Waals surface area (Å²) in [5, 5.41) is 3.01. The lowest BCUT2D eigenvalue weighted by atomic mass is 9.99. The van der Waals surface area contributed by atoms with E-state index in [-0.39, 0.29) is 11.9 Å². The number of nitrogens with zero attached hydrogens (tertiary/aromatic N) is 1. The van der Waals surface area contributed by atoms with E-state index < -0.39 is 6.04 Å². The Morgan fingerprint density at radius 2 is 1.84 bits per heavy atom. The number of benzene rings is 2. The lowest BCUT2D eigenvalue weighted by Gasteiger charge is -2.34. The molecule has 1 aliphatic heterocycles. The molecule has 0 fully saturated rings. The van der Waals surface area contributed by atoms with Crippen molar-refractivity contribution >= 4 is 5.91 Å². The summed E-state index contributed by atoms with van der Waals surface area (Å²) >= 11 is 0. The molecule has 0 bridgehead atoms. The van der Waals surface area contributed by atoms with Crippen molar-refractivity contribution in [3.8, 4) is 0 Å². The first-order chi connectivity index (χ1) is 12.0. The van der Waals surface area contributed by atoms with Crippen LogP contribution in [0.5, 0.6) is 0 Å². The number of fused-ring (bicyclic) bond motifs is 1. The Morgan fingerprint density at radius 3 is 2.56 bits per heavy atom. The number of amides is 1. The summed E-state index contributed by atoms with van der Waals surface area (Å²) in [7, 11) is 0. The van der Waals surface area contributed by atoms with Crippen molar-refractivity contribution in [1.29, 1.82) is 0 Å². The van der Waals surface area contributed by atoms with Crippen molar-refractivity contribution < 1.29 is 4.79 Å². The molecule has 4 nitrogen and oxygen atoms in total. The second kappa shape index (κ2) is 7.81. The molecule has 1 aliphatic rings. The summed E-state index contributed by atoms with van der Waals surface area (Å²) in [6.45, 7) is 6.76. The van der Waals surface area contributed by atoms with E-state index in [4.69, 9.17) is 5.73 Å². The van der Waals surface area contributed by atoms with Gasteiger partial charge in [0.1, 0.15) is 6.04 Å². The number of aryl methyl sites for hydroxylation is 1. The molecule has 4 heteroatoms. The fraction of sp³-hybridized carbons (Fsp3) is 0.381. The van der Waals surface area contributed by atoms with Gasteiger partial charge in [0.15, 0.2) is 0 Å². The third-order valence-electron chi connectivity index (χ3n) is 5.07. The first-order valence-corrected chi connectivity index (χ1v) is 8.95. The van der Waals surface area contributed by atoms with Crippen LogP contribution in [0.4, 0.5) is 0 Å². The molecule has 2 aromatic rings. The Kier molecular flexibility index (Phi) is 5.51. The van der Waals surface area contributed by atoms with Crippen molar-refractivity contribution in [1.82, 2.24) is 10.2 Å². The summed E-state index contributed by atoms with van der Waals surface area (Å²) in [4.78, 5) is 14.8. The highest BCUT2D eigenvalue weighted by Gasteiger charge is 2.22. The second-order valence-corrected chi connectivity index (χ2v) is 6.97. The van der Waals surface area contributed by atoms with Crippen molar-refractivity contribution in [3.63, 3.8) is 0 Å². The second-order valence-electron chi connectivity index (χ2n) is 6.97. The van der Waals surface area contributed by atoms with Gasteiger partial charge in [-0.2, -0.15) is 0 Å². The van der Waals surface area contributed by atoms with Gasteiger partial charge in [0.05, 0.1) is 0 Å². The average Bonchev–Trinajstić information content (AvgIpc) is 2.65. The lowest BCUT2D eigenvalue weighted by molar-refractivity contribution is -0.122. The highest BCUT2D eigenvalue weighted by Crippen LogP contribution is 2.20. The third kappa shape index (κ3) is 4.27. The molecule has 2 aromatic carbocycles. The summed E-state index contributed by atoms with van der Waals surface area (Å²) in [5.74, 6) is -0.117. The monoisotopic (exact) mass is 337 g/mol. The van der Waals surface area contributed by atoms with E-state index in [1.165, 1.54) is 11.1 Å². The van der Waals surface area contributed by atoms with E-state index in [9.17, 15) is 4.79 Å². The predicted octanol–water partition coefficient (Wildman–Crippen LogP) is 2.56. The lowest BCUT2D eigenvalue weighted by Crippen LogP contribution is -2.46. The standard InChI is InChI=1S/C21H27N3O/c1-15-7-9-18(10-8-15)20(22)21(25)23-13-16(2)24-12-11-17-5-3-4-6-19(17)14-24/h3-10,16,20H,11-14,22H2,1-2H3,(H,23,25). The molecule has 132 valence electrons. The van der Waals surface area contributed by atoms with Crippen LogP contribution < -0.4 is 11.1 Å². The molecule has 0 saturated carbocycles. The minimum Gasteiger partial charge on any atom is -0.353 e. The number of nitrogens with two attached hydrogens (primary N) is 1. The highest BCUT2D eigenvalue weighted by molar-refractivity contribution is 5.82. The van der Waals surface area contributed by atoms with E-state index >= 15 is 0 Å². The summed E-state index contributed by atoms with van der Waals surface area (Å²) in [5.41, 5.74) is 10.9. The number of hydrogen-bond donors (Lipinski definition) is 2. The molecule has 0 aromatic heterocycles. The molecule has 2 unspecified atom stereocenters. The average molecular weight is 337 g/mol. The van der Waals surface area contributed by atoms with Crippen molar-refractivity contribution in [3.05, 3.63) is 70.8 Å². The first kappa shape index (κ1) is 17.6. The minimum atomic E-state index is -0.616. The summed E-state index contributed by atoms with van der Waals surface area (Å²) in [6, 6.07) is 16.1. The zero-order valence-corrected chi connectivity index (χ0v) is 15.0. The van der Waals surface area contributed by atoms with Gasteiger partial charge in [-0.25, -0.2) is 0 Å². The fourth-order valence-electron chi connectivity index (χ4n) is 3.31. The number of hydrogen-bond acceptors (Lipinski definition) is 3. The maximum Gasteiger partial charge on any atom is 0.241 e. The zero-order chi connectivity index (χ0) is 17.8. The molecular formula is C21H27N3O. The third-order valence-corrected chi connectivity index (χ3v) is 5.07. The van der Waals surface area contributed by atoms with E-state index in [2.05, 4.69) is 41.4 Å². The van der Waals surface area contributed by atoms with Gasteiger partial charge in [-0.1, -0.05) is 54.1 Å². The smallest absolute Gasteiger partial charge is 0.241 e. The molecule has 0 spiro atoms. The van der Waals surface area contributed by atoms with Crippen LogP contribution in [0.2, 0.25) is 0 Å². The van der Waals surface area contributed by atoms with Crippen LogP contribution in [0.1, 0.15) is 35.2 Å². The van der Waals surface area contributed by atoms with Crippen LogP contribution in [0.3, 0.4) is 0 Å². The van der Waals surface area contributed by atoms with Crippen molar-refractivity contribution in [2.45, 2.75) is 38.9 Å². The minimum absolute atomic E-state index is 0.117. The summed E-state index contributed by atoms with van der Waals surface area (Å²) in [6.07, 6.45) is 1.07. The number of carbonyl (C=O) groups is 1. The number of nitrogens with one attached hydrogen (secondary N) is 1. The van der Waals surface area contributed by atoms with E-state index in [1.54, 1.807) is 0 Å². The Bertz CT molecular complexity index is 726. The van der Waals surface area contributed by atoms with Crippen LogP contribution in [-0.4, -0.2) is 29.9 Å². The molecule has 1 amide bonds. The van der Waals surface area contributed by atoms with Gasteiger partial charge in [0, 0.05) is 25.7 Å². The molecule has 3 N–H and O–H groups in total. The number of carbonyl (C=O) groups excluding carboxylic acids is 1. The van der Waals surface area contributed by atoms with E-state index in [0.717, 1.165) is 30.6 Å². The maximum atomic E-state index is 12.4. The molecule has 25 heavy (non-hydrogen) atoms. The molecule has 0 radical (unpaired) electrons. The van der Waals surface area contributed by atoms with Crippen molar-refractivity contribution in [2.75, 3.05) is 13.1 Å². The van der Waals surface area contributed by atoms with Crippen LogP contribution in [0.25, 0.3) is 0 Å². The number of rotatable bonds is 5. The molecule has 1 heterocycles. The van der Waals surface area contributed by atoms with Crippen LogP contribution in [0.15, 0.2) is 48.5 Å². The predicted molar refractivity (Wildman–Crippen MR) is 101 cm³/mol. The molecule has 0 saturated heterocycles. The van der Waals surface area contributed by atoms with Gasteiger partial charge in [-0.3, -0.25) is 9.69 Å². The van der Waals surface area contributed by atoms with Gasteiger partial charge in [0.2, 0.25) is 5.91 Å². The highest BCUT2D eigenvalue weighted by atomic mass is 16.2. The topological polar surface area (TPSA) is 58.4 Å². The zero-order valence-electron chi connectivity index (χ0n) is 15.0. The Hall–Kier alpha value is -2.17. The SMILES string of the molecule is Cc1ccc(C(N)C(=O)NCC(C)N2CCc3ccccc3C2)cc1. The van der Waals surface area contributed by atoms with E-state index in [1.807, 2.05) is 31.2 Å². The van der Waals surface area contributed by atoms with Crippen LogP contribution in [-0.2, 0) is 17.8 Å². The Balaban J connectivity index is 1.53. The Labute approximate surface area is 150 Å². The first-order valence-electron chi connectivity index (χ1n) is 8.95. The van der Waals surface area contributed by atoms with Crippen LogP contribution in [0, 0.1) is 6.92 Å². The van der Waals surface area contributed by atoms with E-state index in [0.29, 0.717) is 6.54 Å². The maximum absolute atomic E-state index is 12.4. The van der Waals surface area contributed by atoms with Gasteiger partial charge >= 0.3 is 0 Å². The van der Waals surface area contributed by atoms with Gasteiger partial charge < -0.3 is 11.1 Å². The van der Waals surface area contributed by atoms with Crippen LogP contribution >= 0.6 is 0 Å². The Morgan fingerprint density at radius 1 is 1.16 bits per heavy atom. The van der Waals surface area contributed by atoms with Crippen molar-refractivity contribution in [2.24, 2.45) is 5.73 Å². The largest absolute Gasteiger partial charge is 0.353 e.